The van der Waals surface area contributed by atoms with E-state index in [1.54, 1.807) is 18.0 Å². The second-order valence-electron chi connectivity index (χ2n) is 17.5. The van der Waals surface area contributed by atoms with E-state index in [1.165, 1.54) is 89.9 Å². The minimum absolute atomic E-state index is 0.0415. The van der Waals surface area contributed by atoms with Crippen LogP contribution in [0.25, 0.3) is 0 Å². The van der Waals surface area contributed by atoms with Gasteiger partial charge in [0.15, 0.2) is 6.10 Å². The van der Waals surface area contributed by atoms with E-state index in [9.17, 15) is 14.4 Å². The zero-order chi connectivity index (χ0) is 43.5. The van der Waals surface area contributed by atoms with E-state index in [4.69, 9.17) is 28.4 Å². The van der Waals surface area contributed by atoms with Crippen molar-refractivity contribution < 1.29 is 42.8 Å². The van der Waals surface area contributed by atoms with Gasteiger partial charge >= 0.3 is 17.9 Å². The van der Waals surface area contributed by atoms with Crippen LogP contribution in [-0.4, -0.2) is 90.4 Å². The molecule has 1 atom stereocenters. The molecule has 1 rings (SSSR count). The highest BCUT2D eigenvalue weighted by atomic mass is 16.6. The van der Waals surface area contributed by atoms with E-state index in [0.717, 1.165) is 44.9 Å². The number of carbonyl (C=O) groups excluding carboxylic acids is 3. The van der Waals surface area contributed by atoms with Crippen molar-refractivity contribution >= 4 is 17.9 Å². The van der Waals surface area contributed by atoms with Crippen molar-refractivity contribution in [2.75, 3.05) is 40.1 Å². The Balaban J connectivity index is 2.51. The summed E-state index contributed by atoms with van der Waals surface area (Å²) >= 11 is 0. The van der Waals surface area contributed by atoms with Crippen LogP contribution in [0.3, 0.4) is 0 Å². The van der Waals surface area contributed by atoms with Gasteiger partial charge in [-0.1, -0.05) is 135 Å². The van der Waals surface area contributed by atoms with Crippen LogP contribution in [0.4, 0.5) is 0 Å². The van der Waals surface area contributed by atoms with Gasteiger partial charge in [0.1, 0.15) is 13.2 Å². The van der Waals surface area contributed by atoms with E-state index in [0.29, 0.717) is 44.6 Å². The molecule has 0 aliphatic rings. The van der Waals surface area contributed by atoms with Gasteiger partial charge in [-0.25, -0.2) is 4.68 Å². The maximum absolute atomic E-state index is 12.9. The molecule has 0 radical (unpaired) electrons. The maximum Gasteiger partial charge on any atom is 0.306 e. The molecule has 0 bridgehead atoms. The SMILES string of the molecule is CCCCCCCCCCCCC(=O)OCC(Cn1cc(CCC(=O)OCCOC(C)(C)CCOC(C)(C)CCOC)nn1)OC(=O)CCCCCCCCCCCC. The average Bonchev–Trinajstić information content (AvgIpc) is 3.65. The predicted octanol–water partition coefficient (Wildman–Crippen LogP) is 10.8. The second kappa shape index (κ2) is 35.1. The van der Waals surface area contributed by atoms with Crippen LogP contribution in [0.2, 0.25) is 0 Å². The Hall–Kier alpha value is -2.57. The summed E-state index contributed by atoms with van der Waals surface area (Å²) in [4.78, 5) is 38.0. The van der Waals surface area contributed by atoms with Crippen LogP contribution in [0, 0.1) is 0 Å². The fourth-order valence-electron chi connectivity index (χ4n) is 6.73. The van der Waals surface area contributed by atoms with Crippen LogP contribution in [-0.2, 0) is 55.8 Å². The first-order chi connectivity index (χ1) is 28.4. The summed E-state index contributed by atoms with van der Waals surface area (Å²) in [6.45, 7) is 14.3. The van der Waals surface area contributed by atoms with Gasteiger partial charge in [-0.15, -0.1) is 5.10 Å². The second-order valence-corrected chi connectivity index (χ2v) is 17.5. The Kier molecular flexibility index (Phi) is 32.4. The molecule has 12 nitrogen and oxygen atoms in total. The van der Waals surface area contributed by atoms with E-state index in [-0.39, 0.29) is 56.3 Å². The summed E-state index contributed by atoms with van der Waals surface area (Å²) in [5, 5.41) is 8.42. The average molecular weight is 838 g/mol. The van der Waals surface area contributed by atoms with Gasteiger partial charge < -0.3 is 28.4 Å². The molecule has 12 heteroatoms. The summed E-state index contributed by atoms with van der Waals surface area (Å²) in [7, 11) is 1.69. The monoisotopic (exact) mass is 838 g/mol. The van der Waals surface area contributed by atoms with Crippen molar-refractivity contribution in [3.8, 4) is 0 Å². The lowest BCUT2D eigenvalue weighted by atomic mass is 10.0. The third-order valence-corrected chi connectivity index (χ3v) is 10.7. The molecule has 0 aromatic carbocycles. The molecule has 344 valence electrons. The first-order valence-electron chi connectivity index (χ1n) is 23.6. The summed E-state index contributed by atoms with van der Waals surface area (Å²) in [5.74, 6) is -0.929. The Morgan fingerprint density at radius 3 is 1.61 bits per heavy atom. The van der Waals surface area contributed by atoms with Gasteiger partial charge in [-0.3, -0.25) is 14.4 Å². The van der Waals surface area contributed by atoms with Crippen molar-refractivity contribution in [3.05, 3.63) is 11.9 Å². The van der Waals surface area contributed by atoms with Crippen LogP contribution in [0.1, 0.15) is 208 Å². The Bertz CT molecular complexity index is 1190. The number of methoxy groups -OCH3 is 1. The highest BCUT2D eigenvalue weighted by molar-refractivity contribution is 5.70. The number of aromatic nitrogens is 3. The Labute approximate surface area is 359 Å². The van der Waals surface area contributed by atoms with Gasteiger partial charge in [0.25, 0.3) is 0 Å². The van der Waals surface area contributed by atoms with E-state index in [1.807, 2.05) is 27.7 Å². The largest absolute Gasteiger partial charge is 0.463 e. The number of aryl methyl sites for hydroxylation is 1. The maximum atomic E-state index is 12.9. The quantitative estimate of drug-likeness (QED) is 0.0354. The zero-order valence-corrected chi connectivity index (χ0v) is 38.8. The smallest absolute Gasteiger partial charge is 0.306 e. The van der Waals surface area contributed by atoms with Crippen LogP contribution < -0.4 is 0 Å². The van der Waals surface area contributed by atoms with E-state index < -0.39 is 11.7 Å². The molecular weight excluding hydrogens is 751 g/mol. The number of unbranched alkanes of at least 4 members (excludes halogenated alkanes) is 18. The highest BCUT2D eigenvalue weighted by Crippen LogP contribution is 2.20. The van der Waals surface area contributed by atoms with Crippen LogP contribution in [0.5, 0.6) is 0 Å². The minimum atomic E-state index is -0.695. The van der Waals surface area contributed by atoms with Gasteiger partial charge in [0.05, 0.1) is 43.1 Å². The number of rotatable bonds is 41. The number of hydrogen-bond donors (Lipinski definition) is 0. The normalized spacial score (nSPS) is 12.5. The summed E-state index contributed by atoms with van der Waals surface area (Å²) in [6.07, 6.45) is 27.5. The summed E-state index contributed by atoms with van der Waals surface area (Å²) in [6, 6.07) is 0. The predicted molar refractivity (Wildman–Crippen MR) is 234 cm³/mol. The number of esters is 3. The first-order valence-corrected chi connectivity index (χ1v) is 23.6. The van der Waals surface area contributed by atoms with Crippen molar-refractivity contribution in [2.24, 2.45) is 0 Å². The third-order valence-electron chi connectivity index (χ3n) is 10.7. The van der Waals surface area contributed by atoms with Gasteiger partial charge in [-0.2, -0.15) is 0 Å². The fraction of sp³-hybridized carbons (Fsp3) is 0.894. The first kappa shape index (κ1) is 54.4. The van der Waals surface area contributed by atoms with Crippen LogP contribution >= 0.6 is 0 Å². The fourth-order valence-corrected chi connectivity index (χ4v) is 6.73. The molecule has 0 fully saturated rings. The molecule has 1 aromatic heterocycles. The highest BCUT2D eigenvalue weighted by Gasteiger charge is 2.23. The van der Waals surface area contributed by atoms with Crippen molar-refractivity contribution in [1.29, 1.82) is 0 Å². The molecule has 1 unspecified atom stereocenters. The third kappa shape index (κ3) is 32.8. The lowest BCUT2D eigenvalue weighted by molar-refractivity contribution is -0.160. The lowest BCUT2D eigenvalue weighted by Gasteiger charge is -2.29. The standard InChI is InChI=1S/C47H87N3O9/c1-8-10-12-14-16-18-20-22-24-26-28-43(51)56-40-42(59-45(53)29-27-25-23-21-19-17-15-13-11-9-2)39-50-38-41(48-49-50)30-31-44(52)55-36-37-58-47(5,6)33-35-57-46(3,4)32-34-54-7/h38,42H,8-37,39-40H2,1-7H3. The molecule has 59 heavy (non-hydrogen) atoms. The van der Waals surface area contributed by atoms with Crippen molar-refractivity contribution in [2.45, 2.75) is 232 Å². The number of ether oxygens (including phenoxy) is 6. The summed E-state index contributed by atoms with van der Waals surface area (Å²) < 4.78 is 35.6. The van der Waals surface area contributed by atoms with Crippen molar-refractivity contribution in [3.63, 3.8) is 0 Å². The van der Waals surface area contributed by atoms with Gasteiger partial charge in [-0.05, 0) is 53.4 Å². The number of nitrogens with zero attached hydrogens (tertiary/aromatic N) is 3. The van der Waals surface area contributed by atoms with Crippen molar-refractivity contribution in [1.82, 2.24) is 15.0 Å². The summed E-state index contributed by atoms with van der Waals surface area (Å²) in [5.41, 5.74) is -0.0818. The lowest BCUT2D eigenvalue weighted by Crippen LogP contribution is -2.32. The van der Waals surface area contributed by atoms with Gasteiger partial charge in [0.2, 0.25) is 0 Å². The molecule has 0 N–H and O–H groups in total. The topological polar surface area (TPSA) is 137 Å². The van der Waals surface area contributed by atoms with Gasteiger partial charge in [0, 0.05) is 39.2 Å². The molecule has 0 amide bonds. The molecule has 0 aliphatic heterocycles. The molecule has 0 spiro atoms. The molecule has 1 aromatic rings. The molecular formula is C47H87N3O9. The van der Waals surface area contributed by atoms with Crippen LogP contribution in [0.15, 0.2) is 6.20 Å². The van der Waals surface area contributed by atoms with E-state index in [2.05, 4.69) is 24.2 Å². The van der Waals surface area contributed by atoms with E-state index >= 15 is 0 Å². The Morgan fingerprint density at radius 2 is 1.07 bits per heavy atom. The zero-order valence-electron chi connectivity index (χ0n) is 38.8. The minimum Gasteiger partial charge on any atom is -0.463 e. The molecule has 0 saturated heterocycles. The molecule has 1 heterocycles. The Morgan fingerprint density at radius 1 is 0.593 bits per heavy atom. The number of hydrogen-bond acceptors (Lipinski definition) is 11. The molecule has 0 aliphatic carbocycles. The number of carbonyl (C=O) groups is 3. The molecule has 0 saturated carbocycles.